The third-order valence-electron chi connectivity index (χ3n) is 3.96. The minimum Gasteiger partial charge on any atom is -0.455 e. The monoisotopic (exact) mass is 407 g/mol. The summed E-state index contributed by atoms with van der Waals surface area (Å²) in [4.78, 5) is 24.6. The molecule has 0 aliphatic carbocycles. The summed E-state index contributed by atoms with van der Waals surface area (Å²) in [5.74, 6) is -0.0980. The molecule has 3 rings (SSSR count). The molecule has 0 saturated heterocycles. The molecule has 0 radical (unpaired) electrons. The molecular formula is C23H22FN3O3. The maximum Gasteiger partial charge on any atom is 0.319 e. The number of benzene rings is 3. The number of carbonyl (C=O) groups excluding carboxylic acids is 2. The van der Waals surface area contributed by atoms with Gasteiger partial charge in [0.25, 0.3) is 5.91 Å². The highest BCUT2D eigenvalue weighted by Crippen LogP contribution is 2.30. The second kappa shape index (κ2) is 9.56. The summed E-state index contributed by atoms with van der Waals surface area (Å²) in [7, 11) is 0. The fourth-order valence-electron chi connectivity index (χ4n) is 2.68. The number of para-hydroxylation sites is 2. The van der Waals surface area contributed by atoms with Gasteiger partial charge in [-0.2, -0.15) is 0 Å². The summed E-state index contributed by atoms with van der Waals surface area (Å²) in [6.07, 6.45) is 0. The van der Waals surface area contributed by atoms with Gasteiger partial charge in [-0.05, 0) is 56.3 Å². The van der Waals surface area contributed by atoms with E-state index in [1.807, 2.05) is 13.8 Å². The standard InChI is InChI=1S/C23H22FN3O3/c1-15(2)25-23(29)26-18-9-5-7-16(13-18)22(28)27-20-11-3-4-12-21(20)30-19-10-6-8-17(24)14-19/h3-15H,1-2H3,(H,27,28)(H2,25,26,29). The molecule has 0 spiro atoms. The zero-order valence-corrected chi connectivity index (χ0v) is 16.6. The lowest BCUT2D eigenvalue weighted by atomic mass is 10.1. The van der Waals surface area contributed by atoms with Crippen LogP contribution in [0.2, 0.25) is 0 Å². The lowest BCUT2D eigenvalue weighted by Crippen LogP contribution is -2.34. The van der Waals surface area contributed by atoms with Gasteiger partial charge in [-0.25, -0.2) is 9.18 Å². The second-order valence-electron chi connectivity index (χ2n) is 6.84. The Morgan fingerprint density at radius 2 is 1.67 bits per heavy atom. The Labute approximate surface area is 174 Å². The largest absolute Gasteiger partial charge is 0.455 e. The normalized spacial score (nSPS) is 10.4. The van der Waals surface area contributed by atoms with Gasteiger partial charge < -0.3 is 20.7 Å². The molecule has 7 heteroatoms. The van der Waals surface area contributed by atoms with Crippen molar-refractivity contribution in [1.82, 2.24) is 5.32 Å². The maximum absolute atomic E-state index is 13.4. The molecular weight excluding hydrogens is 385 g/mol. The topological polar surface area (TPSA) is 79.5 Å². The molecule has 0 bridgehead atoms. The van der Waals surface area contributed by atoms with Crippen LogP contribution in [0.1, 0.15) is 24.2 Å². The molecule has 0 heterocycles. The van der Waals surface area contributed by atoms with E-state index in [0.29, 0.717) is 28.4 Å². The van der Waals surface area contributed by atoms with Crippen LogP contribution in [0.25, 0.3) is 0 Å². The average Bonchev–Trinajstić information content (AvgIpc) is 2.69. The number of amides is 3. The van der Waals surface area contributed by atoms with E-state index in [2.05, 4.69) is 16.0 Å². The van der Waals surface area contributed by atoms with E-state index >= 15 is 0 Å². The van der Waals surface area contributed by atoms with Crippen LogP contribution in [0, 0.1) is 5.82 Å². The number of hydrogen-bond acceptors (Lipinski definition) is 3. The third kappa shape index (κ3) is 5.81. The van der Waals surface area contributed by atoms with Crippen LogP contribution in [0.3, 0.4) is 0 Å². The van der Waals surface area contributed by atoms with Crippen LogP contribution in [0.5, 0.6) is 11.5 Å². The van der Waals surface area contributed by atoms with E-state index in [4.69, 9.17) is 4.74 Å². The fourth-order valence-corrected chi connectivity index (χ4v) is 2.68. The Bertz CT molecular complexity index is 1050. The summed E-state index contributed by atoms with van der Waals surface area (Å²) >= 11 is 0. The number of carbonyl (C=O) groups is 2. The molecule has 0 atom stereocenters. The molecule has 154 valence electrons. The van der Waals surface area contributed by atoms with Crippen molar-refractivity contribution in [2.75, 3.05) is 10.6 Å². The van der Waals surface area contributed by atoms with Gasteiger partial charge in [0, 0.05) is 23.4 Å². The number of halogens is 1. The van der Waals surface area contributed by atoms with Crippen LogP contribution >= 0.6 is 0 Å². The first-order valence-corrected chi connectivity index (χ1v) is 9.42. The molecule has 0 aliphatic heterocycles. The number of ether oxygens (including phenoxy) is 1. The van der Waals surface area contributed by atoms with Crippen molar-refractivity contribution in [2.45, 2.75) is 19.9 Å². The van der Waals surface area contributed by atoms with Gasteiger partial charge in [-0.15, -0.1) is 0 Å². The molecule has 3 N–H and O–H groups in total. The van der Waals surface area contributed by atoms with Crippen LogP contribution in [-0.4, -0.2) is 18.0 Å². The molecule has 0 aromatic heterocycles. The summed E-state index contributed by atoms with van der Waals surface area (Å²) in [6, 6.07) is 18.8. The molecule has 0 saturated carbocycles. The fraction of sp³-hybridized carbons (Fsp3) is 0.130. The van der Waals surface area contributed by atoms with Gasteiger partial charge >= 0.3 is 6.03 Å². The van der Waals surface area contributed by atoms with Crippen LogP contribution in [0.15, 0.2) is 72.8 Å². The quantitative estimate of drug-likeness (QED) is 0.512. The first-order valence-electron chi connectivity index (χ1n) is 9.42. The maximum atomic E-state index is 13.4. The van der Waals surface area contributed by atoms with E-state index in [9.17, 15) is 14.0 Å². The van der Waals surface area contributed by atoms with Crippen molar-refractivity contribution in [2.24, 2.45) is 0 Å². The Hall–Kier alpha value is -3.87. The molecule has 3 aromatic carbocycles. The summed E-state index contributed by atoms with van der Waals surface area (Å²) < 4.78 is 19.1. The van der Waals surface area contributed by atoms with Crippen molar-refractivity contribution in [3.05, 3.63) is 84.2 Å². The van der Waals surface area contributed by atoms with Gasteiger partial charge in [-0.1, -0.05) is 24.3 Å². The van der Waals surface area contributed by atoms with E-state index in [-0.39, 0.29) is 18.0 Å². The Balaban J connectivity index is 1.73. The van der Waals surface area contributed by atoms with Crippen LogP contribution in [0.4, 0.5) is 20.6 Å². The zero-order chi connectivity index (χ0) is 21.5. The van der Waals surface area contributed by atoms with E-state index < -0.39 is 5.82 Å². The van der Waals surface area contributed by atoms with E-state index in [1.54, 1.807) is 60.7 Å². The number of anilines is 2. The summed E-state index contributed by atoms with van der Waals surface area (Å²) in [6.45, 7) is 3.71. The van der Waals surface area contributed by atoms with E-state index in [1.165, 1.54) is 12.1 Å². The van der Waals surface area contributed by atoms with Gasteiger partial charge in [0.1, 0.15) is 11.6 Å². The van der Waals surface area contributed by atoms with Crippen molar-refractivity contribution in [3.63, 3.8) is 0 Å². The molecule has 3 amide bonds. The summed E-state index contributed by atoms with van der Waals surface area (Å²) in [5.41, 5.74) is 1.28. The number of urea groups is 1. The minimum atomic E-state index is -0.417. The predicted molar refractivity (Wildman–Crippen MR) is 115 cm³/mol. The summed E-state index contributed by atoms with van der Waals surface area (Å²) in [5, 5.41) is 8.20. The van der Waals surface area contributed by atoms with Gasteiger partial charge in [0.15, 0.2) is 5.75 Å². The van der Waals surface area contributed by atoms with Crippen LogP contribution in [-0.2, 0) is 0 Å². The first kappa shape index (κ1) is 20.9. The highest BCUT2D eigenvalue weighted by Gasteiger charge is 2.12. The molecule has 0 unspecified atom stereocenters. The average molecular weight is 407 g/mol. The second-order valence-corrected chi connectivity index (χ2v) is 6.84. The highest BCUT2D eigenvalue weighted by atomic mass is 19.1. The van der Waals surface area contributed by atoms with Crippen molar-refractivity contribution < 1.29 is 18.7 Å². The first-order chi connectivity index (χ1) is 14.4. The zero-order valence-electron chi connectivity index (χ0n) is 16.6. The lowest BCUT2D eigenvalue weighted by molar-refractivity contribution is 0.102. The SMILES string of the molecule is CC(C)NC(=O)Nc1cccc(C(=O)Nc2ccccc2Oc2cccc(F)c2)c1. The Morgan fingerprint density at radius 3 is 2.43 bits per heavy atom. The third-order valence-corrected chi connectivity index (χ3v) is 3.96. The molecule has 0 fully saturated rings. The predicted octanol–water partition coefficient (Wildman–Crippen LogP) is 5.40. The molecule has 3 aromatic rings. The number of nitrogens with one attached hydrogen (secondary N) is 3. The van der Waals surface area contributed by atoms with E-state index in [0.717, 1.165) is 0 Å². The molecule has 30 heavy (non-hydrogen) atoms. The van der Waals surface area contributed by atoms with Crippen molar-refractivity contribution in [3.8, 4) is 11.5 Å². The van der Waals surface area contributed by atoms with Crippen molar-refractivity contribution in [1.29, 1.82) is 0 Å². The molecule has 6 nitrogen and oxygen atoms in total. The Morgan fingerprint density at radius 1 is 0.900 bits per heavy atom. The molecule has 0 aliphatic rings. The smallest absolute Gasteiger partial charge is 0.319 e. The van der Waals surface area contributed by atoms with Gasteiger partial charge in [0.2, 0.25) is 0 Å². The number of rotatable bonds is 6. The lowest BCUT2D eigenvalue weighted by Gasteiger charge is -2.13. The minimum absolute atomic E-state index is 0.00827. The number of hydrogen-bond donors (Lipinski definition) is 3. The highest BCUT2D eigenvalue weighted by molar-refractivity contribution is 6.06. The van der Waals surface area contributed by atoms with Crippen LogP contribution < -0.4 is 20.7 Å². The van der Waals surface area contributed by atoms with Gasteiger partial charge in [0.05, 0.1) is 5.69 Å². The van der Waals surface area contributed by atoms with Crippen molar-refractivity contribution >= 4 is 23.3 Å². The Kier molecular flexibility index (Phi) is 6.64. The van der Waals surface area contributed by atoms with Gasteiger partial charge in [-0.3, -0.25) is 4.79 Å².